The molecule has 0 aliphatic carbocycles. The first-order chi connectivity index (χ1) is 8.78. The van der Waals surface area contributed by atoms with Gasteiger partial charge in [0.25, 0.3) is 0 Å². The number of rotatable bonds is 5. The van der Waals surface area contributed by atoms with Gasteiger partial charge in [-0.05, 0) is 13.5 Å². The van der Waals surface area contributed by atoms with Crippen molar-refractivity contribution < 1.29 is 9.47 Å². The molecule has 1 N–H and O–H groups in total. The van der Waals surface area contributed by atoms with Crippen molar-refractivity contribution in [3.8, 4) is 11.5 Å². The summed E-state index contributed by atoms with van der Waals surface area (Å²) < 4.78 is 10.7. The van der Waals surface area contributed by atoms with E-state index in [9.17, 15) is 0 Å². The number of hydrogen-bond acceptors (Lipinski definition) is 5. The molecule has 1 aliphatic heterocycles. The Labute approximate surface area is 108 Å². The third-order valence-electron chi connectivity index (χ3n) is 3.42. The van der Waals surface area contributed by atoms with Gasteiger partial charge in [0.05, 0.1) is 14.2 Å². The van der Waals surface area contributed by atoms with Crippen molar-refractivity contribution in [2.45, 2.75) is 19.0 Å². The van der Waals surface area contributed by atoms with Crippen molar-refractivity contribution in [3.05, 3.63) is 18.0 Å². The summed E-state index contributed by atoms with van der Waals surface area (Å²) in [5, 5.41) is 3.31. The number of nitrogens with zero attached hydrogens (tertiary/aromatic N) is 2. The molecule has 0 radical (unpaired) electrons. The van der Waals surface area contributed by atoms with Gasteiger partial charge in [-0.3, -0.25) is 9.88 Å². The number of ether oxygens (including phenoxy) is 2. The predicted molar refractivity (Wildman–Crippen MR) is 70.1 cm³/mol. The van der Waals surface area contributed by atoms with E-state index in [1.807, 2.05) is 13.1 Å². The summed E-state index contributed by atoms with van der Waals surface area (Å²) in [6.45, 7) is 2.95. The minimum atomic E-state index is 0.585. The predicted octanol–water partition coefficient (Wildman–Crippen LogP) is 0.892. The molecule has 1 aliphatic rings. The Morgan fingerprint density at radius 3 is 2.89 bits per heavy atom. The molecule has 0 saturated carbocycles. The lowest BCUT2D eigenvalue weighted by Gasteiger charge is -2.18. The van der Waals surface area contributed by atoms with Crippen molar-refractivity contribution in [2.24, 2.45) is 0 Å². The molecule has 1 fully saturated rings. The summed E-state index contributed by atoms with van der Waals surface area (Å²) in [6, 6.07) is 2.41. The zero-order valence-electron chi connectivity index (χ0n) is 11.3. The Bertz CT molecular complexity index is 398. The second-order valence-electron chi connectivity index (χ2n) is 4.50. The molecule has 1 saturated heterocycles. The number of likely N-dealkylation sites (tertiary alicyclic amines) is 1. The maximum atomic E-state index is 5.40. The van der Waals surface area contributed by atoms with Crippen LogP contribution in [0.3, 0.4) is 0 Å². The van der Waals surface area contributed by atoms with Crippen molar-refractivity contribution in [3.63, 3.8) is 0 Å². The fraction of sp³-hybridized carbons (Fsp3) is 0.615. The largest absolute Gasteiger partial charge is 0.493 e. The molecule has 1 aromatic rings. The van der Waals surface area contributed by atoms with E-state index in [1.165, 1.54) is 6.42 Å². The summed E-state index contributed by atoms with van der Waals surface area (Å²) in [4.78, 5) is 6.79. The molecular weight excluding hydrogens is 230 g/mol. The van der Waals surface area contributed by atoms with Gasteiger partial charge in [0.1, 0.15) is 5.69 Å². The van der Waals surface area contributed by atoms with Crippen LogP contribution in [-0.2, 0) is 6.54 Å². The number of methoxy groups -OCH3 is 2. The molecular formula is C13H21N3O2. The highest BCUT2D eigenvalue weighted by molar-refractivity contribution is 5.42. The lowest BCUT2D eigenvalue weighted by atomic mass is 10.3. The van der Waals surface area contributed by atoms with Gasteiger partial charge in [0, 0.05) is 37.9 Å². The number of aromatic nitrogens is 1. The second kappa shape index (κ2) is 6.02. The Hall–Kier alpha value is -1.33. The van der Waals surface area contributed by atoms with Gasteiger partial charge in [-0.1, -0.05) is 0 Å². The molecule has 18 heavy (non-hydrogen) atoms. The Morgan fingerprint density at radius 1 is 1.44 bits per heavy atom. The number of pyridine rings is 1. The minimum Gasteiger partial charge on any atom is -0.493 e. The van der Waals surface area contributed by atoms with Crippen molar-refractivity contribution >= 4 is 0 Å². The maximum Gasteiger partial charge on any atom is 0.183 e. The van der Waals surface area contributed by atoms with Crippen LogP contribution in [0.4, 0.5) is 0 Å². The topological polar surface area (TPSA) is 46.6 Å². The van der Waals surface area contributed by atoms with E-state index < -0.39 is 0 Å². The first kappa shape index (κ1) is 13.1. The Balaban J connectivity index is 2.09. The van der Waals surface area contributed by atoms with Crippen LogP contribution in [0, 0.1) is 0 Å². The lowest BCUT2D eigenvalue weighted by molar-refractivity contribution is 0.301. The van der Waals surface area contributed by atoms with E-state index in [0.29, 0.717) is 6.04 Å². The summed E-state index contributed by atoms with van der Waals surface area (Å²) in [6.07, 6.45) is 2.95. The zero-order chi connectivity index (χ0) is 13.0. The molecule has 0 aromatic carbocycles. The summed E-state index contributed by atoms with van der Waals surface area (Å²) in [7, 11) is 5.32. The first-order valence-corrected chi connectivity index (χ1v) is 6.24. The Kier molecular flexibility index (Phi) is 4.38. The summed E-state index contributed by atoms with van der Waals surface area (Å²) >= 11 is 0. The molecule has 1 aromatic heterocycles. The molecule has 1 atom stereocenters. The van der Waals surface area contributed by atoms with Gasteiger partial charge in [-0.2, -0.15) is 0 Å². The normalized spacial score (nSPS) is 20.1. The SMILES string of the molecule is CNC1CCN(Cc2nccc(OC)c2OC)C1. The average molecular weight is 251 g/mol. The molecule has 1 unspecified atom stereocenters. The molecule has 5 nitrogen and oxygen atoms in total. The second-order valence-corrected chi connectivity index (χ2v) is 4.50. The van der Waals surface area contributed by atoms with Crippen LogP contribution in [0.1, 0.15) is 12.1 Å². The van der Waals surface area contributed by atoms with E-state index in [0.717, 1.165) is 36.8 Å². The highest BCUT2D eigenvalue weighted by Gasteiger charge is 2.23. The van der Waals surface area contributed by atoms with E-state index >= 15 is 0 Å². The summed E-state index contributed by atoms with van der Waals surface area (Å²) in [5.74, 6) is 1.49. The highest BCUT2D eigenvalue weighted by Crippen LogP contribution is 2.30. The molecule has 5 heteroatoms. The van der Waals surface area contributed by atoms with Crippen LogP contribution in [0.2, 0.25) is 0 Å². The van der Waals surface area contributed by atoms with E-state index in [1.54, 1.807) is 20.4 Å². The maximum absolute atomic E-state index is 5.40. The molecule has 2 heterocycles. The van der Waals surface area contributed by atoms with Gasteiger partial charge >= 0.3 is 0 Å². The van der Waals surface area contributed by atoms with Gasteiger partial charge in [-0.15, -0.1) is 0 Å². The van der Waals surface area contributed by atoms with Crippen molar-refractivity contribution in [1.29, 1.82) is 0 Å². The van der Waals surface area contributed by atoms with Crippen molar-refractivity contribution in [1.82, 2.24) is 15.2 Å². The number of hydrogen-bond donors (Lipinski definition) is 1. The minimum absolute atomic E-state index is 0.585. The van der Waals surface area contributed by atoms with Crippen LogP contribution in [-0.4, -0.2) is 50.3 Å². The average Bonchev–Trinajstić information content (AvgIpc) is 2.86. The lowest BCUT2D eigenvalue weighted by Crippen LogP contribution is -2.29. The number of likely N-dealkylation sites (N-methyl/N-ethyl adjacent to an activating group) is 1. The molecule has 0 spiro atoms. The van der Waals surface area contributed by atoms with Gasteiger partial charge in [0.2, 0.25) is 0 Å². The molecule has 0 amide bonds. The van der Waals surface area contributed by atoms with Gasteiger partial charge in [-0.25, -0.2) is 0 Å². The van der Waals surface area contributed by atoms with Crippen LogP contribution in [0.5, 0.6) is 11.5 Å². The fourth-order valence-corrected chi connectivity index (χ4v) is 2.39. The van der Waals surface area contributed by atoms with Crippen LogP contribution >= 0.6 is 0 Å². The summed E-state index contributed by atoms with van der Waals surface area (Å²) in [5.41, 5.74) is 0.939. The third kappa shape index (κ3) is 2.73. The quantitative estimate of drug-likeness (QED) is 0.842. The fourth-order valence-electron chi connectivity index (χ4n) is 2.39. The smallest absolute Gasteiger partial charge is 0.183 e. The Morgan fingerprint density at radius 2 is 2.28 bits per heavy atom. The highest BCUT2D eigenvalue weighted by atomic mass is 16.5. The standard InChI is InChI=1S/C13H21N3O2/c1-14-10-5-7-16(8-10)9-11-13(18-3)12(17-2)4-6-15-11/h4,6,10,14H,5,7-9H2,1-3H3. The number of nitrogens with one attached hydrogen (secondary N) is 1. The third-order valence-corrected chi connectivity index (χ3v) is 3.42. The van der Waals surface area contributed by atoms with E-state index in [2.05, 4.69) is 15.2 Å². The van der Waals surface area contributed by atoms with E-state index in [4.69, 9.17) is 9.47 Å². The molecule has 0 bridgehead atoms. The van der Waals surface area contributed by atoms with E-state index in [-0.39, 0.29) is 0 Å². The van der Waals surface area contributed by atoms with Gasteiger partial charge in [0.15, 0.2) is 11.5 Å². The molecule has 2 rings (SSSR count). The van der Waals surface area contributed by atoms with Gasteiger partial charge < -0.3 is 14.8 Å². The molecule has 100 valence electrons. The first-order valence-electron chi connectivity index (χ1n) is 6.24. The van der Waals surface area contributed by atoms with Crippen LogP contribution < -0.4 is 14.8 Å². The van der Waals surface area contributed by atoms with Crippen LogP contribution in [0.25, 0.3) is 0 Å². The monoisotopic (exact) mass is 251 g/mol. The van der Waals surface area contributed by atoms with Crippen molar-refractivity contribution in [2.75, 3.05) is 34.4 Å². The van der Waals surface area contributed by atoms with Crippen LogP contribution in [0.15, 0.2) is 12.3 Å². The zero-order valence-corrected chi connectivity index (χ0v) is 11.3.